The molecule has 1 unspecified atom stereocenters. The van der Waals surface area contributed by atoms with Gasteiger partial charge in [0.1, 0.15) is 0 Å². The normalized spacial score (nSPS) is 13.8. The molecule has 1 aromatic rings. The second kappa shape index (κ2) is 6.65. The predicted octanol–water partition coefficient (Wildman–Crippen LogP) is 2.40. The van der Waals surface area contributed by atoms with E-state index < -0.39 is 10.0 Å². The van der Waals surface area contributed by atoms with Crippen molar-refractivity contribution in [1.29, 1.82) is 0 Å². The van der Waals surface area contributed by atoms with Crippen LogP contribution in [-0.2, 0) is 14.8 Å². The predicted molar refractivity (Wildman–Crippen MR) is 75.0 cm³/mol. The van der Waals surface area contributed by atoms with Crippen molar-refractivity contribution < 1.29 is 13.2 Å². The van der Waals surface area contributed by atoms with Gasteiger partial charge < -0.3 is 4.74 Å². The molecule has 0 aromatic heterocycles. The number of hydrogen-bond donors (Lipinski definition) is 1. The molecule has 0 fully saturated rings. The summed E-state index contributed by atoms with van der Waals surface area (Å²) in [5, 5.41) is 0. The highest BCUT2D eigenvalue weighted by atomic mass is 79.9. The summed E-state index contributed by atoms with van der Waals surface area (Å²) in [5.74, 6) is 0.159. The maximum absolute atomic E-state index is 12.2. The van der Waals surface area contributed by atoms with Gasteiger partial charge in [0.2, 0.25) is 10.0 Å². The Labute approximate surface area is 117 Å². The Hall–Kier alpha value is -0.430. The van der Waals surface area contributed by atoms with Crippen molar-refractivity contribution in [2.24, 2.45) is 5.92 Å². The largest absolute Gasteiger partial charge is 0.383 e. The number of rotatable bonds is 6. The summed E-state index contributed by atoms with van der Waals surface area (Å²) in [6.45, 7) is 4.26. The number of nitrogens with one attached hydrogen (secondary N) is 1. The fourth-order valence-electron chi connectivity index (χ4n) is 1.44. The summed E-state index contributed by atoms with van der Waals surface area (Å²) in [7, 11) is -1.95. The van der Waals surface area contributed by atoms with E-state index in [-0.39, 0.29) is 16.9 Å². The minimum Gasteiger partial charge on any atom is -0.383 e. The molecule has 1 rings (SSSR count). The maximum Gasteiger partial charge on any atom is 0.240 e. The maximum atomic E-state index is 12.2. The molecule has 0 spiro atoms. The van der Waals surface area contributed by atoms with E-state index in [9.17, 15) is 8.42 Å². The quantitative estimate of drug-likeness (QED) is 0.868. The van der Waals surface area contributed by atoms with Gasteiger partial charge in [-0.15, -0.1) is 0 Å². The fraction of sp³-hybridized carbons (Fsp3) is 0.500. The monoisotopic (exact) mass is 335 g/mol. The number of sulfonamides is 1. The second-order valence-corrected chi connectivity index (χ2v) is 7.01. The molecule has 0 aliphatic carbocycles. The number of methoxy groups -OCH3 is 1. The molecule has 0 bridgehead atoms. The molecule has 102 valence electrons. The van der Waals surface area contributed by atoms with Gasteiger partial charge in [-0.2, -0.15) is 0 Å². The van der Waals surface area contributed by atoms with Crippen LogP contribution in [0.2, 0.25) is 0 Å². The minimum absolute atomic E-state index is 0.159. The van der Waals surface area contributed by atoms with Gasteiger partial charge in [0.05, 0.1) is 11.5 Å². The summed E-state index contributed by atoms with van der Waals surface area (Å²) in [6, 6.07) is 6.39. The van der Waals surface area contributed by atoms with Crippen molar-refractivity contribution in [2.45, 2.75) is 24.8 Å². The number of halogens is 1. The Morgan fingerprint density at radius 1 is 1.39 bits per heavy atom. The van der Waals surface area contributed by atoms with Crippen molar-refractivity contribution in [1.82, 2.24) is 4.72 Å². The fourth-order valence-corrected chi connectivity index (χ4v) is 3.41. The zero-order valence-electron chi connectivity index (χ0n) is 10.7. The lowest BCUT2D eigenvalue weighted by Gasteiger charge is -2.21. The van der Waals surface area contributed by atoms with Crippen LogP contribution in [0, 0.1) is 5.92 Å². The van der Waals surface area contributed by atoms with E-state index in [1.54, 1.807) is 31.4 Å². The van der Waals surface area contributed by atoms with E-state index in [0.29, 0.717) is 6.61 Å². The van der Waals surface area contributed by atoms with Gasteiger partial charge in [0, 0.05) is 17.6 Å². The van der Waals surface area contributed by atoms with Crippen LogP contribution in [0.5, 0.6) is 0 Å². The molecule has 1 atom stereocenters. The number of hydrogen-bond acceptors (Lipinski definition) is 3. The molecular formula is C12H18BrNO3S. The highest BCUT2D eigenvalue weighted by Gasteiger charge is 2.22. The third kappa shape index (κ3) is 4.35. The van der Waals surface area contributed by atoms with Crippen molar-refractivity contribution in [3.8, 4) is 0 Å². The summed E-state index contributed by atoms with van der Waals surface area (Å²) in [5.41, 5.74) is 0. The molecule has 0 aliphatic rings. The van der Waals surface area contributed by atoms with Gasteiger partial charge in [0.25, 0.3) is 0 Å². The lowest BCUT2D eigenvalue weighted by atomic mass is 10.1. The number of ether oxygens (including phenoxy) is 1. The van der Waals surface area contributed by atoms with Crippen LogP contribution in [0.1, 0.15) is 13.8 Å². The molecule has 0 amide bonds. The van der Waals surface area contributed by atoms with Crippen LogP contribution < -0.4 is 4.72 Å². The lowest BCUT2D eigenvalue weighted by Crippen LogP contribution is -2.41. The SMILES string of the molecule is COCC(NS(=O)(=O)c1cccc(Br)c1)C(C)C. The molecule has 4 nitrogen and oxygen atoms in total. The van der Waals surface area contributed by atoms with Gasteiger partial charge in [-0.1, -0.05) is 35.8 Å². The molecule has 0 aliphatic heterocycles. The third-order valence-electron chi connectivity index (χ3n) is 2.56. The summed E-state index contributed by atoms with van der Waals surface area (Å²) in [6.07, 6.45) is 0. The van der Waals surface area contributed by atoms with E-state index in [0.717, 1.165) is 4.47 Å². The van der Waals surface area contributed by atoms with Crippen molar-refractivity contribution in [3.63, 3.8) is 0 Å². The Kier molecular flexibility index (Phi) is 5.78. The van der Waals surface area contributed by atoms with Gasteiger partial charge >= 0.3 is 0 Å². The number of benzene rings is 1. The average molecular weight is 336 g/mol. The van der Waals surface area contributed by atoms with Gasteiger partial charge in [-0.25, -0.2) is 13.1 Å². The Bertz CT molecular complexity index is 488. The Morgan fingerprint density at radius 2 is 2.06 bits per heavy atom. The van der Waals surface area contributed by atoms with Gasteiger partial charge in [-0.05, 0) is 24.1 Å². The zero-order chi connectivity index (χ0) is 13.8. The van der Waals surface area contributed by atoms with Crippen molar-refractivity contribution in [3.05, 3.63) is 28.7 Å². The summed E-state index contributed by atoms with van der Waals surface area (Å²) >= 11 is 3.26. The smallest absolute Gasteiger partial charge is 0.240 e. The summed E-state index contributed by atoms with van der Waals surface area (Å²) < 4.78 is 32.8. The van der Waals surface area contributed by atoms with Crippen LogP contribution in [0.4, 0.5) is 0 Å². The molecule has 1 aromatic carbocycles. The molecular weight excluding hydrogens is 318 g/mol. The van der Waals surface area contributed by atoms with Crippen LogP contribution in [0.25, 0.3) is 0 Å². The van der Waals surface area contributed by atoms with Crippen LogP contribution in [0.15, 0.2) is 33.6 Å². The third-order valence-corrected chi connectivity index (χ3v) is 4.54. The molecule has 1 N–H and O–H groups in total. The van der Waals surface area contributed by atoms with E-state index in [1.807, 2.05) is 13.8 Å². The Balaban J connectivity index is 2.93. The van der Waals surface area contributed by atoms with Crippen LogP contribution >= 0.6 is 15.9 Å². The minimum atomic E-state index is -3.51. The van der Waals surface area contributed by atoms with Gasteiger partial charge in [-0.3, -0.25) is 0 Å². The van der Waals surface area contributed by atoms with Gasteiger partial charge in [0.15, 0.2) is 0 Å². The summed E-state index contributed by atoms with van der Waals surface area (Å²) in [4.78, 5) is 0.249. The van der Waals surface area contributed by atoms with Crippen LogP contribution in [0.3, 0.4) is 0 Å². The average Bonchev–Trinajstić information content (AvgIpc) is 2.28. The molecule has 18 heavy (non-hydrogen) atoms. The molecule has 0 saturated carbocycles. The molecule has 6 heteroatoms. The molecule has 0 radical (unpaired) electrons. The first kappa shape index (κ1) is 15.6. The first-order valence-corrected chi connectivity index (χ1v) is 7.91. The van der Waals surface area contributed by atoms with E-state index in [2.05, 4.69) is 20.7 Å². The van der Waals surface area contributed by atoms with Crippen molar-refractivity contribution in [2.75, 3.05) is 13.7 Å². The van der Waals surface area contributed by atoms with E-state index in [1.165, 1.54) is 0 Å². The lowest BCUT2D eigenvalue weighted by molar-refractivity contribution is 0.157. The van der Waals surface area contributed by atoms with Crippen molar-refractivity contribution >= 4 is 26.0 Å². The Morgan fingerprint density at radius 3 is 2.56 bits per heavy atom. The first-order valence-electron chi connectivity index (χ1n) is 5.63. The molecule has 0 saturated heterocycles. The topological polar surface area (TPSA) is 55.4 Å². The van der Waals surface area contributed by atoms with E-state index in [4.69, 9.17) is 4.74 Å². The zero-order valence-corrected chi connectivity index (χ0v) is 13.1. The second-order valence-electron chi connectivity index (χ2n) is 4.38. The first-order chi connectivity index (χ1) is 8.36. The van der Waals surface area contributed by atoms with Crippen LogP contribution in [-0.4, -0.2) is 28.2 Å². The molecule has 0 heterocycles. The standard InChI is InChI=1S/C12H18BrNO3S/c1-9(2)12(8-17-3)14-18(15,16)11-6-4-5-10(13)7-11/h4-7,9,12,14H,8H2,1-3H3. The highest BCUT2D eigenvalue weighted by Crippen LogP contribution is 2.17. The highest BCUT2D eigenvalue weighted by molar-refractivity contribution is 9.10. The van der Waals surface area contributed by atoms with E-state index >= 15 is 0 Å².